The van der Waals surface area contributed by atoms with E-state index in [1.54, 1.807) is 0 Å². The molecule has 0 fully saturated rings. The highest BCUT2D eigenvalue weighted by Crippen LogP contribution is 2.00. The monoisotopic (exact) mass is 165 g/mol. The third kappa shape index (κ3) is 3.41. The van der Waals surface area contributed by atoms with E-state index in [1.807, 2.05) is 30.5 Å². The third-order valence-corrected chi connectivity index (χ3v) is 1.51. The molecule has 1 rings (SSSR count). The van der Waals surface area contributed by atoms with E-state index in [4.69, 9.17) is 10.0 Å². The Kier molecular flexibility index (Phi) is 3.64. The maximum absolute atomic E-state index is 8.52. The van der Waals surface area contributed by atoms with Gasteiger partial charge >= 0.3 is 7.12 Å². The third-order valence-electron chi connectivity index (χ3n) is 1.51. The number of rotatable bonds is 4. The van der Waals surface area contributed by atoms with Gasteiger partial charge in [-0.05, 0) is 30.9 Å². The van der Waals surface area contributed by atoms with Gasteiger partial charge in [0.15, 0.2) is 0 Å². The largest absolute Gasteiger partial charge is 0.451 e. The number of aromatic nitrogens is 1. The van der Waals surface area contributed by atoms with Crippen molar-refractivity contribution in [2.24, 2.45) is 0 Å². The van der Waals surface area contributed by atoms with Gasteiger partial charge in [0, 0.05) is 11.9 Å². The summed E-state index contributed by atoms with van der Waals surface area (Å²) in [5.41, 5.74) is 1.03. The second kappa shape index (κ2) is 4.80. The molecular formula is C8H12BNO2. The lowest BCUT2D eigenvalue weighted by atomic mass is 9.84. The second-order valence-electron chi connectivity index (χ2n) is 2.59. The minimum absolute atomic E-state index is 0.386. The number of hydrogen-bond donors (Lipinski definition) is 3. The zero-order valence-corrected chi connectivity index (χ0v) is 6.77. The summed E-state index contributed by atoms with van der Waals surface area (Å²) in [4.78, 5) is 3.01. The van der Waals surface area contributed by atoms with Crippen molar-refractivity contribution in [2.75, 3.05) is 0 Å². The first-order valence-electron chi connectivity index (χ1n) is 3.95. The normalized spacial score (nSPS) is 10.8. The molecule has 1 aromatic rings. The van der Waals surface area contributed by atoms with Gasteiger partial charge in [0.05, 0.1) is 0 Å². The molecule has 0 aliphatic carbocycles. The van der Waals surface area contributed by atoms with Crippen LogP contribution >= 0.6 is 0 Å². The van der Waals surface area contributed by atoms with E-state index in [-0.39, 0.29) is 0 Å². The Hall–Kier alpha value is -0.995. The Bertz CT molecular complexity index is 231. The topological polar surface area (TPSA) is 56.2 Å². The molecule has 0 unspecified atom stereocenters. The zero-order chi connectivity index (χ0) is 8.81. The first kappa shape index (κ1) is 9.10. The molecule has 0 spiro atoms. The van der Waals surface area contributed by atoms with Crippen molar-refractivity contribution in [3.63, 3.8) is 0 Å². The van der Waals surface area contributed by atoms with Gasteiger partial charge in [0.1, 0.15) is 0 Å². The second-order valence-corrected chi connectivity index (χ2v) is 2.59. The van der Waals surface area contributed by atoms with E-state index in [0.29, 0.717) is 12.7 Å². The van der Waals surface area contributed by atoms with Crippen molar-refractivity contribution in [3.8, 4) is 0 Å². The van der Waals surface area contributed by atoms with Crippen LogP contribution in [0.3, 0.4) is 0 Å². The Morgan fingerprint density at radius 3 is 2.92 bits per heavy atom. The fourth-order valence-corrected chi connectivity index (χ4v) is 0.903. The number of aromatic amines is 1. The molecule has 0 bridgehead atoms. The molecule has 0 aliphatic rings. The molecule has 64 valence electrons. The summed E-state index contributed by atoms with van der Waals surface area (Å²) in [5, 5.41) is 17.0. The summed E-state index contributed by atoms with van der Waals surface area (Å²) in [6.45, 7) is 0. The fourth-order valence-electron chi connectivity index (χ4n) is 0.903. The van der Waals surface area contributed by atoms with Crippen molar-refractivity contribution in [1.29, 1.82) is 0 Å². The van der Waals surface area contributed by atoms with Gasteiger partial charge in [0.2, 0.25) is 0 Å². The highest BCUT2D eigenvalue weighted by atomic mass is 16.4. The number of nitrogens with one attached hydrogen (secondary N) is 1. The Morgan fingerprint density at radius 2 is 2.33 bits per heavy atom. The standard InChI is InChI=1S/C8H12BNO2/c11-9(12)6-2-1-4-8-5-3-7-10-8/h1,3-5,7,10-12H,2,6H2. The van der Waals surface area contributed by atoms with Gasteiger partial charge < -0.3 is 15.0 Å². The molecular weight excluding hydrogens is 153 g/mol. The molecule has 0 radical (unpaired) electrons. The maximum Gasteiger partial charge on any atom is 0.451 e. The molecule has 3 nitrogen and oxygen atoms in total. The number of hydrogen-bond acceptors (Lipinski definition) is 2. The molecule has 1 heterocycles. The highest BCUT2D eigenvalue weighted by Gasteiger charge is 2.02. The van der Waals surface area contributed by atoms with Gasteiger partial charge in [-0.3, -0.25) is 0 Å². The Balaban J connectivity index is 2.23. The van der Waals surface area contributed by atoms with E-state index in [2.05, 4.69) is 4.98 Å². The van der Waals surface area contributed by atoms with Crippen LogP contribution in [0.5, 0.6) is 0 Å². The van der Waals surface area contributed by atoms with Gasteiger partial charge in [-0.15, -0.1) is 0 Å². The molecule has 0 aliphatic heterocycles. The summed E-state index contributed by atoms with van der Waals surface area (Å²) in [7, 11) is -1.20. The van der Waals surface area contributed by atoms with Crippen molar-refractivity contribution >= 4 is 13.2 Å². The molecule has 4 heteroatoms. The van der Waals surface area contributed by atoms with Gasteiger partial charge in [-0.1, -0.05) is 6.08 Å². The minimum atomic E-state index is -1.20. The lowest BCUT2D eigenvalue weighted by molar-refractivity contribution is 0.406. The first-order chi connectivity index (χ1) is 5.79. The van der Waals surface area contributed by atoms with E-state index in [1.165, 1.54) is 0 Å². The van der Waals surface area contributed by atoms with Crippen molar-refractivity contribution < 1.29 is 10.0 Å². The summed E-state index contributed by atoms with van der Waals surface area (Å²) in [6.07, 6.45) is 6.74. The molecule has 1 aromatic heterocycles. The fraction of sp³-hybridized carbons (Fsp3) is 0.250. The Morgan fingerprint density at radius 1 is 1.50 bits per heavy atom. The maximum atomic E-state index is 8.52. The summed E-state index contributed by atoms with van der Waals surface area (Å²) in [6, 6.07) is 3.87. The molecule has 0 aromatic carbocycles. The van der Waals surface area contributed by atoms with Crippen LogP contribution in [-0.4, -0.2) is 22.2 Å². The van der Waals surface area contributed by atoms with Crippen molar-refractivity contribution in [3.05, 3.63) is 30.1 Å². The predicted molar refractivity (Wildman–Crippen MR) is 49.4 cm³/mol. The predicted octanol–water partition coefficient (Wildman–Crippen LogP) is 0.891. The van der Waals surface area contributed by atoms with Crippen molar-refractivity contribution in [2.45, 2.75) is 12.7 Å². The van der Waals surface area contributed by atoms with E-state index in [0.717, 1.165) is 5.69 Å². The first-order valence-corrected chi connectivity index (χ1v) is 3.95. The van der Waals surface area contributed by atoms with Gasteiger partial charge in [-0.25, -0.2) is 0 Å². The van der Waals surface area contributed by atoms with Crippen LogP contribution < -0.4 is 0 Å². The van der Waals surface area contributed by atoms with Crippen LogP contribution in [0.2, 0.25) is 6.32 Å². The average Bonchev–Trinajstić information content (AvgIpc) is 2.49. The molecule has 0 saturated heterocycles. The quantitative estimate of drug-likeness (QED) is 0.580. The van der Waals surface area contributed by atoms with E-state index >= 15 is 0 Å². The summed E-state index contributed by atoms with van der Waals surface area (Å²) >= 11 is 0. The SMILES string of the molecule is OB(O)CCC=Cc1ccc[nH]1. The van der Waals surface area contributed by atoms with Crippen LogP contribution in [0.4, 0.5) is 0 Å². The zero-order valence-electron chi connectivity index (χ0n) is 6.77. The number of H-pyrrole nitrogens is 1. The van der Waals surface area contributed by atoms with E-state index < -0.39 is 7.12 Å². The lowest BCUT2D eigenvalue weighted by Crippen LogP contribution is -2.08. The molecule has 3 N–H and O–H groups in total. The number of allylic oxidation sites excluding steroid dienone is 1. The molecule has 0 atom stereocenters. The van der Waals surface area contributed by atoms with Crippen LogP contribution in [0, 0.1) is 0 Å². The van der Waals surface area contributed by atoms with Crippen LogP contribution in [0.15, 0.2) is 24.4 Å². The van der Waals surface area contributed by atoms with Crippen molar-refractivity contribution in [1.82, 2.24) is 4.98 Å². The van der Waals surface area contributed by atoms with Gasteiger partial charge in [-0.2, -0.15) is 0 Å². The summed E-state index contributed by atoms with van der Waals surface area (Å²) in [5.74, 6) is 0. The Labute approximate surface area is 71.9 Å². The van der Waals surface area contributed by atoms with Crippen LogP contribution in [-0.2, 0) is 0 Å². The highest BCUT2D eigenvalue weighted by molar-refractivity contribution is 6.40. The van der Waals surface area contributed by atoms with Gasteiger partial charge in [0.25, 0.3) is 0 Å². The molecule has 0 amide bonds. The molecule has 12 heavy (non-hydrogen) atoms. The smallest absolute Gasteiger partial charge is 0.427 e. The van der Waals surface area contributed by atoms with Crippen LogP contribution in [0.1, 0.15) is 12.1 Å². The van der Waals surface area contributed by atoms with Crippen LogP contribution in [0.25, 0.3) is 6.08 Å². The average molecular weight is 165 g/mol. The van der Waals surface area contributed by atoms with E-state index in [9.17, 15) is 0 Å². The molecule has 0 saturated carbocycles. The lowest BCUT2D eigenvalue weighted by Gasteiger charge is -1.91. The summed E-state index contributed by atoms with van der Waals surface area (Å²) < 4.78 is 0. The minimum Gasteiger partial charge on any atom is -0.427 e.